The lowest BCUT2D eigenvalue weighted by atomic mass is 10.0. The highest BCUT2D eigenvalue weighted by atomic mass is 79.9. The second-order valence-corrected chi connectivity index (χ2v) is 4.00. The fourth-order valence-electron chi connectivity index (χ4n) is 1.19. The van der Waals surface area contributed by atoms with Crippen molar-refractivity contribution in [1.82, 2.24) is 0 Å². The molecule has 2 nitrogen and oxygen atoms in total. The van der Waals surface area contributed by atoms with E-state index < -0.39 is 29.7 Å². The summed E-state index contributed by atoms with van der Waals surface area (Å²) < 4.78 is 49.9. The maximum atomic E-state index is 13.3. The predicted molar refractivity (Wildman–Crippen MR) is 53.1 cm³/mol. The van der Waals surface area contributed by atoms with Crippen LogP contribution in [0.1, 0.15) is 11.6 Å². The van der Waals surface area contributed by atoms with Gasteiger partial charge in [-0.05, 0) is 12.1 Å². The van der Waals surface area contributed by atoms with Crippen molar-refractivity contribution in [2.24, 2.45) is 5.73 Å². The Hall–Kier alpha value is -0.660. The zero-order valence-electron chi connectivity index (χ0n) is 7.80. The molecule has 2 atom stereocenters. The zero-order chi connectivity index (χ0) is 12.5. The van der Waals surface area contributed by atoms with Gasteiger partial charge < -0.3 is 10.8 Å². The molecule has 0 aromatic heterocycles. The van der Waals surface area contributed by atoms with E-state index in [-0.39, 0.29) is 4.47 Å². The first-order valence-electron chi connectivity index (χ1n) is 4.19. The summed E-state index contributed by atoms with van der Waals surface area (Å²) in [5.41, 5.74) is 4.79. The number of hydrogen-bond acceptors (Lipinski definition) is 2. The van der Waals surface area contributed by atoms with Crippen molar-refractivity contribution < 1.29 is 22.7 Å². The van der Waals surface area contributed by atoms with E-state index in [0.29, 0.717) is 0 Å². The van der Waals surface area contributed by atoms with E-state index in [1.165, 1.54) is 12.1 Å². The fraction of sp³-hybridized carbons (Fsp3) is 0.333. The number of benzene rings is 1. The van der Waals surface area contributed by atoms with Gasteiger partial charge in [0.2, 0.25) is 0 Å². The van der Waals surface area contributed by atoms with Crippen molar-refractivity contribution in [2.75, 3.05) is 0 Å². The Morgan fingerprint density at radius 1 is 1.31 bits per heavy atom. The summed E-state index contributed by atoms with van der Waals surface area (Å²) >= 11 is 2.88. The van der Waals surface area contributed by atoms with Gasteiger partial charge in [-0.2, -0.15) is 13.2 Å². The van der Waals surface area contributed by atoms with Crippen LogP contribution in [-0.2, 0) is 0 Å². The lowest BCUT2D eigenvalue weighted by Crippen LogP contribution is -2.39. The molecule has 1 rings (SSSR count). The quantitative estimate of drug-likeness (QED) is 0.825. The minimum atomic E-state index is -4.89. The molecule has 0 amide bonds. The number of aliphatic hydroxyl groups is 1. The molecule has 0 heterocycles. The monoisotopic (exact) mass is 301 g/mol. The Balaban J connectivity index is 3.10. The van der Waals surface area contributed by atoms with Crippen molar-refractivity contribution in [3.05, 3.63) is 34.1 Å². The molecule has 0 fully saturated rings. The second-order valence-electron chi connectivity index (χ2n) is 3.15. The third-order valence-electron chi connectivity index (χ3n) is 2.01. The van der Waals surface area contributed by atoms with Crippen LogP contribution in [0.4, 0.5) is 17.6 Å². The molecule has 1 aromatic carbocycles. The van der Waals surface area contributed by atoms with Crippen molar-refractivity contribution in [2.45, 2.75) is 18.3 Å². The predicted octanol–water partition coefficient (Wildman–Crippen LogP) is 2.51. The van der Waals surface area contributed by atoms with E-state index in [4.69, 9.17) is 10.8 Å². The van der Waals surface area contributed by atoms with Gasteiger partial charge in [0.15, 0.2) is 6.10 Å². The molecule has 0 bridgehead atoms. The molecule has 90 valence electrons. The first-order chi connectivity index (χ1) is 7.25. The lowest BCUT2D eigenvalue weighted by Gasteiger charge is -2.22. The van der Waals surface area contributed by atoms with Gasteiger partial charge >= 0.3 is 6.18 Å². The molecule has 0 aliphatic carbocycles. The minimum Gasteiger partial charge on any atom is -0.382 e. The van der Waals surface area contributed by atoms with E-state index in [1.807, 2.05) is 0 Å². The third-order valence-corrected chi connectivity index (χ3v) is 2.70. The average molecular weight is 302 g/mol. The third kappa shape index (κ3) is 2.72. The van der Waals surface area contributed by atoms with Gasteiger partial charge in [0.05, 0.1) is 6.04 Å². The van der Waals surface area contributed by atoms with E-state index in [2.05, 4.69) is 15.9 Å². The Bertz CT molecular complexity index is 362. The van der Waals surface area contributed by atoms with E-state index in [9.17, 15) is 17.6 Å². The number of hydrogen-bond donors (Lipinski definition) is 2. The molecule has 0 saturated heterocycles. The first kappa shape index (κ1) is 13.4. The van der Waals surface area contributed by atoms with Crippen molar-refractivity contribution in [3.63, 3.8) is 0 Å². The number of rotatable bonds is 2. The topological polar surface area (TPSA) is 46.2 Å². The SMILES string of the molecule is N[C@@H](c1c(F)cccc1Br)[C@H](O)C(F)(F)F. The van der Waals surface area contributed by atoms with Crippen LogP contribution >= 0.6 is 15.9 Å². The zero-order valence-corrected chi connectivity index (χ0v) is 9.39. The summed E-state index contributed by atoms with van der Waals surface area (Å²) in [5, 5.41) is 8.92. The Morgan fingerprint density at radius 2 is 1.88 bits per heavy atom. The van der Waals surface area contributed by atoms with Crippen LogP contribution < -0.4 is 5.73 Å². The molecule has 0 aliphatic rings. The van der Waals surface area contributed by atoms with Crippen LogP contribution in [0.25, 0.3) is 0 Å². The Labute approximate surface area is 97.2 Å². The highest BCUT2D eigenvalue weighted by Crippen LogP contribution is 2.33. The van der Waals surface area contributed by atoms with Crippen LogP contribution in [-0.4, -0.2) is 17.4 Å². The highest BCUT2D eigenvalue weighted by molar-refractivity contribution is 9.10. The van der Waals surface area contributed by atoms with Crippen LogP contribution in [0.3, 0.4) is 0 Å². The molecule has 0 unspecified atom stereocenters. The first-order valence-corrected chi connectivity index (χ1v) is 4.98. The summed E-state index contributed by atoms with van der Waals surface area (Å²) in [5.74, 6) is -0.898. The Kier molecular flexibility index (Phi) is 3.92. The highest BCUT2D eigenvalue weighted by Gasteiger charge is 2.43. The minimum absolute atomic E-state index is 0.0864. The largest absolute Gasteiger partial charge is 0.416 e. The maximum absolute atomic E-state index is 13.3. The number of halogens is 5. The van der Waals surface area contributed by atoms with Crippen molar-refractivity contribution in [3.8, 4) is 0 Å². The van der Waals surface area contributed by atoms with Gasteiger partial charge in [-0.25, -0.2) is 4.39 Å². The van der Waals surface area contributed by atoms with E-state index in [1.54, 1.807) is 0 Å². The molecule has 16 heavy (non-hydrogen) atoms. The number of aliphatic hydroxyl groups excluding tert-OH is 1. The molecule has 0 saturated carbocycles. The molecule has 3 N–H and O–H groups in total. The van der Waals surface area contributed by atoms with Crippen LogP contribution in [0.5, 0.6) is 0 Å². The van der Waals surface area contributed by atoms with Crippen molar-refractivity contribution >= 4 is 15.9 Å². The molecule has 1 aromatic rings. The van der Waals surface area contributed by atoms with Crippen LogP contribution in [0.15, 0.2) is 22.7 Å². The van der Waals surface area contributed by atoms with Gasteiger partial charge in [-0.3, -0.25) is 0 Å². The van der Waals surface area contributed by atoms with E-state index in [0.717, 1.165) is 6.07 Å². The summed E-state index contributed by atoms with van der Waals surface area (Å²) in [4.78, 5) is 0. The number of nitrogens with two attached hydrogens (primary N) is 1. The summed E-state index contributed by atoms with van der Waals surface area (Å²) in [6, 6.07) is 1.77. The van der Waals surface area contributed by atoms with Gasteiger partial charge in [0.25, 0.3) is 0 Å². The summed E-state index contributed by atoms with van der Waals surface area (Å²) in [6.45, 7) is 0. The van der Waals surface area contributed by atoms with Gasteiger partial charge in [0.1, 0.15) is 5.82 Å². The van der Waals surface area contributed by atoms with E-state index >= 15 is 0 Å². The molecule has 0 aliphatic heterocycles. The maximum Gasteiger partial charge on any atom is 0.416 e. The molecular formula is C9H8BrF4NO. The Morgan fingerprint density at radius 3 is 2.31 bits per heavy atom. The van der Waals surface area contributed by atoms with Crippen LogP contribution in [0.2, 0.25) is 0 Å². The fourth-order valence-corrected chi connectivity index (χ4v) is 1.80. The summed E-state index contributed by atoms with van der Waals surface area (Å²) in [6.07, 6.45) is -7.69. The average Bonchev–Trinajstić information content (AvgIpc) is 2.14. The van der Waals surface area contributed by atoms with Gasteiger partial charge in [-0.15, -0.1) is 0 Å². The lowest BCUT2D eigenvalue weighted by molar-refractivity contribution is -0.210. The standard InChI is InChI=1S/C9H8BrF4NO/c10-4-2-1-3-5(11)6(4)7(15)8(16)9(12,13)14/h1-3,7-8,16H,15H2/t7-,8-/m0/s1. The van der Waals surface area contributed by atoms with Crippen LogP contribution in [0, 0.1) is 5.82 Å². The normalized spacial score (nSPS) is 15.9. The summed E-state index contributed by atoms with van der Waals surface area (Å²) in [7, 11) is 0. The smallest absolute Gasteiger partial charge is 0.382 e. The molecular weight excluding hydrogens is 294 g/mol. The molecule has 0 radical (unpaired) electrons. The van der Waals surface area contributed by atoms with Gasteiger partial charge in [0, 0.05) is 10.0 Å². The van der Waals surface area contributed by atoms with Crippen molar-refractivity contribution in [1.29, 1.82) is 0 Å². The number of alkyl halides is 3. The molecule has 7 heteroatoms. The second kappa shape index (κ2) is 4.68. The van der Waals surface area contributed by atoms with Gasteiger partial charge in [-0.1, -0.05) is 22.0 Å². The molecule has 0 spiro atoms.